The minimum absolute atomic E-state index is 0.0655. The van der Waals surface area contributed by atoms with Gasteiger partial charge in [-0.05, 0) is 52.0 Å². The van der Waals surface area contributed by atoms with Crippen LogP contribution in [0.5, 0.6) is 5.75 Å². The first-order valence-electron chi connectivity index (χ1n) is 10.5. The number of rotatable bonds is 8. The fourth-order valence-electron chi connectivity index (χ4n) is 3.46. The molecule has 2 amide bonds. The van der Waals surface area contributed by atoms with Crippen LogP contribution in [-0.2, 0) is 16.1 Å². The topological polar surface area (TPSA) is 92.8 Å². The molecule has 0 bridgehead atoms. The van der Waals surface area contributed by atoms with Crippen molar-refractivity contribution >= 4 is 28.3 Å². The highest BCUT2D eigenvalue weighted by Crippen LogP contribution is 2.19. The largest absolute Gasteiger partial charge is 0.491 e. The first-order valence-corrected chi connectivity index (χ1v) is 11.3. The number of thiazole rings is 1. The molecule has 0 radical (unpaired) electrons. The van der Waals surface area contributed by atoms with Crippen molar-refractivity contribution in [3.05, 3.63) is 40.9 Å². The molecule has 1 saturated heterocycles. The molecule has 0 aliphatic carbocycles. The summed E-state index contributed by atoms with van der Waals surface area (Å²) in [5.41, 5.74) is 1.38. The molecule has 1 aliphatic heterocycles. The highest BCUT2D eigenvalue weighted by atomic mass is 32.1. The molecule has 2 heterocycles. The van der Waals surface area contributed by atoms with E-state index in [-0.39, 0.29) is 36.7 Å². The molecular weight excluding hydrogens is 416 g/mol. The second-order valence-electron chi connectivity index (χ2n) is 8.02. The Bertz CT molecular complexity index is 874. The highest BCUT2D eigenvalue weighted by Gasteiger charge is 2.22. The molecular formula is C22H30N4O4S. The van der Waals surface area contributed by atoms with Crippen molar-refractivity contribution in [2.24, 2.45) is 0 Å². The Hall–Kier alpha value is -2.49. The van der Waals surface area contributed by atoms with E-state index in [0.29, 0.717) is 16.4 Å². The zero-order valence-electron chi connectivity index (χ0n) is 18.4. The third kappa shape index (κ3) is 7.30. The van der Waals surface area contributed by atoms with Gasteiger partial charge in [-0.1, -0.05) is 0 Å². The second-order valence-corrected chi connectivity index (χ2v) is 8.88. The number of aromatic nitrogens is 1. The van der Waals surface area contributed by atoms with Crippen LogP contribution in [0.2, 0.25) is 0 Å². The van der Waals surface area contributed by atoms with Crippen molar-refractivity contribution in [2.45, 2.75) is 52.6 Å². The number of carbonyl (C=O) groups excluding carboxylic acids is 2. The minimum Gasteiger partial charge on any atom is -0.491 e. The Morgan fingerprint density at radius 1 is 1.23 bits per heavy atom. The first kappa shape index (κ1) is 23.2. The average molecular weight is 447 g/mol. The van der Waals surface area contributed by atoms with Gasteiger partial charge in [0.1, 0.15) is 5.75 Å². The number of anilines is 1. The number of amides is 2. The number of benzene rings is 1. The van der Waals surface area contributed by atoms with Gasteiger partial charge in [-0.2, -0.15) is 0 Å². The molecule has 9 heteroatoms. The quantitative estimate of drug-likeness (QED) is 0.648. The summed E-state index contributed by atoms with van der Waals surface area (Å²) in [6, 6.07) is 6.82. The first-order chi connectivity index (χ1) is 14.8. The molecule has 2 atom stereocenters. The van der Waals surface area contributed by atoms with Crippen molar-refractivity contribution in [1.82, 2.24) is 15.2 Å². The summed E-state index contributed by atoms with van der Waals surface area (Å²) in [7, 11) is 0. The van der Waals surface area contributed by atoms with Crippen LogP contribution in [0.4, 0.5) is 5.13 Å². The molecule has 3 rings (SSSR count). The van der Waals surface area contributed by atoms with Crippen LogP contribution in [0, 0.1) is 0 Å². The fraction of sp³-hybridized carbons (Fsp3) is 0.500. The molecule has 0 spiro atoms. The maximum absolute atomic E-state index is 12.3. The lowest BCUT2D eigenvalue weighted by Gasteiger charge is -2.34. The van der Waals surface area contributed by atoms with Crippen LogP contribution in [0.15, 0.2) is 29.6 Å². The average Bonchev–Trinajstić information content (AvgIpc) is 3.12. The summed E-state index contributed by atoms with van der Waals surface area (Å²) in [5.74, 6) is 0.0640. The van der Waals surface area contributed by atoms with Crippen LogP contribution in [-0.4, -0.2) is 59.6 Å². The van der Waals surface area contributed by atoms with Gasteiger partial charge in [0, 0.05) is 30.6 Å². The summed E-state index contributed by atoms with van der Waals surface area (Å²) >= 11 is 1.38. The Labute approximate surface area is 186 Å². The predicted octanol–water partition coefficient (Wildman–Crippen LogP) is 2.91. The van der Waals surface area contributed by atoms with Gasteiger partial charge in [0.05, 0.1) is 30.6 Å². The predicted molar refractivity (Wildman–Crippen MR) is 121 cm³/mol. The Morgan fingerprint density at radius 3 is 2.55 bits per heavy atom. The highest BCUT2D eigenvalue weighted by molar-refractivity contribution is 7.13. The third-order valence-electron chi connectivity index (χ3n) is 4.58. The van der Waals surface area contributed by atoms with E-state index >= 15 is 0 Å². The Kier molecular flexibility index (Phi) is 8.00. The molecule has 2 unspecified atom stereocenters. The van der Waals surface area contributed by atoms with Crippen LogP contribution in [0.1, 0.15) is 43.7 Å². The van der Waals surface area contributed by atoms with E-state index in [4.69, 9.17) is 9.47 Å². The Morgan fingerprint density at radius 2 is 1.90 bits per heavy atom. The lowest BCUT2D eigenvalue weighted by atomic mass is 10.2. The van der Waals surface area contributed by atoms with E-state index in [2.05, 4.69) is 34.4 Å². The number of ether oxygens (including phenoxy) is 2. The van der Waals surface area contributed by atoms with E-state index in [1.54, 1.807) is 24.3 Å². The molecule has 31 heavy (non-hydrogen) atoms. The summed E-state index contributed by atoms with van der Waals surface area (Å²) < 4.78 is 11.3. The number of carbonyl (C=O) groups is 2. The number of morpholine rings is 1. The standard InChI is InChI=1S/C22H30N4O4S/c1-14(2)29-19-7-5-17(6-8-19)21(28)23-9-20(27)25-22-24-18(13-31-22)12-26-10-15(3)30-16(4)11-26/h5-8,13-16H,9-12H2,1-4H3,(H,23,28)(H,24,25,27). The zero-order chi connectivity index (χ0) is 22.4. The van der Waals surface area contributed by atoms with E-state index in [0.717, 1.165) is 25.3 Å². The van der Waals surface area contributed by atoms with Crippen LogP contribution in [0.3, 0.4) is 0 Å². The summed E-state index contributed by atoms with van der Waals surface area (Å²) in [6.45, 7) is 10.3. The molecule has 2 aromatic rings. The van der Waals surface area contributed by atoms with E-state index < -0.39 is 0 Å². The van der Waals surface area contributed by atoms with Gasteiger partial charge >= 0.3 is 0 Å². The molecule has 1 fully saturated rings. The summed E-state index contributed by atoms with van der Waals surface area (Å²) in [5, 5.41) is 7.84. The normalized spacial score (nSPS) is 19.3. The maximum Gasteiger partial charge on any atom is 0.251 e. The Balaban J connectivity index is 1.44. The molecule has 1 aromatic carbocycles. The smallest absolute Gasteiger partial charge is 0.251 e. The van der Waals surface area contributed by atoms with Crippen molar-refractivity contribution < 1.29 is 19.1 Å². The van der Waals surface area contributed by atoms with Gasteiger partial charge in [0.15, 0.2) is 5.13 Å². The number of hydrogen-bond acceptors (Lipinski definition) is 7. The maximum atomic E-state index is 12.3. The zero-order valence-corrected chi connectivity index (χ0v) is 19.2. The van der Waals surface area contributed by atoms with Gasteiger partial charge in [-0.25, -0.2) is 4.98 Å². The minimum atomic E-state index is -0.318. The van der Waals surface area contributed by atoms with Crippen LogP contribution >= 0.6 is 11.3 Å². The summed E-state index contributed by atoms with van der Waals surface area (Å²) in [4.78, 5) is 31.2. The van der Waals surface area contributed by atoms with Gasteiger partial charge < -0.3 is 20.1 Å². The van der Waals surface area contributed by atoms with Crippen LogP contribution < -0.4 is 15.4 Å². The lowest BCUT2D eigenvalue weighted by molar-refractivity contribution is -0.115. The molecule has 0 saturated carbocycles. The second kappa shape index (κ2) is 10.7. The van der Waals surface area contributed by atoms with E-state index in [1.807, 2.05) is 19.2 Å². The van der Waals surface area contributed by atoms with Crippen molar-refractivity contribution in [1.29, 1.82) is 0 Å². The lowest BCUT2D eigenvalue weighted by Crippen LogP contribution is -2.44. The van der Waals surface area contributed by atoms with Gasteiger partial charge in [0.25, 0.3) is 5.91 Å². The fourth-order valence-corrected chi connectivity index (χ4v) is 4.18. The van der Waals surface area contributed by atoms with Gasteiger partial charge in [-0.3, -0.25) is 14.5 Å². The molecule has 1 aromatic heterocycles. The van der Waals surface area contributed by atoms with E-state index in [9.17, 15) is 9.59 Å². The molecule has 168 valence electrons. The SMILES string of the molecule is CC(C)Oc1ccc(C(=O)NCC(=O)Nc2nc(CN3CC(C)OC(C)C3)cs2)cc1. The number of nitrogens with zero attached hydrogens (tertiary/aromatic N) is 2. The third-order valence-corrected chi connectivity index (χ3v) is 5.38. The van der Waals surface area contributed by atoms with Crippen molar-refractivity contribution in [3.8, 4) is 5.75 Å². The van der Waals surface area contributed by atoms with Gasteiger partial charge in [-0.15, -0.1) is 11.3 Å². The van der Waals surface area contributed by atoms with Crippen LogP contribution in [0.25, 0.3) is 0 Å². The molecule has 8 nitrogen and oxygen atoms in total. The number of hydrogen-bond donors (Lipinski definition) is 2. The molecule has 1 aliphatic rings. The van der Waals surface area contributed by atoms with E-state index in [1.165, 1.54) is 11.3 Å². The van der Waals surface area contributed by atoms with Gasteiger partial charge in [0.2, 0.25) is 5.91 Å². The number of nitrogens with one attached hydrogen (secondary N) is 2. The van der Waals surface area contributed by atoms with Crippen molar-refractivity contribution in [2.75, 3.05) is 25.0 Å². The van der Waals surface area contributed by atoms with Crippen molar-refractivity contribution in [3.63, 3.8) is 0 Å². The summed E-state index contributed by atoms with van der Waals surface area (Å²) in [6.07, 6.45) is 0.462. The monoisotopic (exact) mass is 446 g/mol. The molecule has 2 N–H and O–H groups in total.